The summed E-state index contributed by atoms with van der Waals surface area (Å²) in [6.07, 6.45) is 26.5. The van der Waals surface area contributed by atoms with Crippen LogP contribution in [-0.4, -0.2) is 18.1 Å². The molecular formula is C37H62N2O. The van der Waals surface area contributed by atoms with Crippen molar-refractivity contribution >= 4 is 5.82 Å². The predicted molar refractivity (Wildman–Crippen MR) is 175 cm³/mol. The SMILES string of the molecule is Cc1cccc(NCC(C)(C)CCCCCCCCCCCCCCCCCCCCOCc2ccccc2)n1. The maximum atomic E-state index is 5.78. The number of hydrogen-bond donors (Lipinski definition) is 1. The summed E-state index contributed by atoms with van der Waals surface area (Å²) in [4.78, 5) is 4.56. The van der Waals surface area contributed by atoms with Crippen LogP contribution in [0, 0.1) is 12.3 Å². The Morgan fingerprint density at radius 2 is 1.10 bits per heavy atom. The van der Waals surface area contributed by atoms with Crippen molar-refractivity contribution in [1.29, 1.82) is 0 Å². The van der Waals surface area contributed by atoms with E-state index in [9.17, 15) is 0 Å². The zero-order chi connectivity index (χ0) is 28.6. The number of anilines is 1. The van der Waals surface area contributed by atoms with Gasteiger partial charge in [-0.15, -0.1) is 0 Å². The van der Waals surface area contributed by atoms with Gasteiger partial charge in [-0.3, -0.25) is 0 Å². The topological polar surface area (TPSA) is 34.1 Å². The van der Waals surface area contributed by atoms with E-state index in [1.54, 1.807) is 0 Å². The number of aryl methyl sites for hydroxylation is 1. The van der Waals surface area contributed by atoms with E-state index in [4.69, 9.17) is 4.74 Å². The lowest BCUT2D eigenvalue weighted by Crippen LogP contribution is -2.23. The maximum Gasteiger partial charge on any atom is 0.126 e. The highest BCUT2D eigenvalue weighted by Gasteiger charge is 2.17. The fraction of sp³-hybridized carbons (Fsp3) is 0.703. The van der Waals surface area contributed by atoms with E-state index in [2.05, 4.69) is 66.6 Å². The number of hydrogen-bond acceptors (Lipinski definition) is 3. The standard InChI is InChI=1S/C37H62N2O/c1-34-26-25-29-36(39-34)38-33-37(2,3)30-23-18-16-14-12-10-8-6-4-5-7-9-11-13-15-17-19-24-31-40-32-35-27-21-20-22-28-35/h20-22,25-29H,4-19,23-24,30-33H2,1-3H3,(H,38,39). The molecule has 1 aromatic heterocycles. The van der Waals surface area contributed by atoms with Crippen molar-refractivity contribution < 1.29 is 4.74 Å². The zero-order valence-corrected chi connectivity index (χ0v) is 26.5. The molecule has 40 heavy (non-hydrogen) atoms. The van der Waals surface area contributed by atoms with E-state index in [0.29, 0.717) is 5.41 Å². The second kappa shape index (κ2) is 22.8. The molecule has 0 aliphatic heterocycles. The highest BCUT2D eigenvalue weighted by Crippen LogP contribution is 2.25. The molecule has 0 saturated carbocycles. The minimum atomic E-state index is 0.323. The summed E-state index contributed by atoms with van der Waals surface area (Å²) in [5.41, 5.74) is 2.68. The Labute approximate surface area is 248 Å². The summed E-state index contributed by atoms with van der Waals surface area (Å²) < 4.78 is 5.78. The summed E-state index contributed by atoms with van der Waals surface area (Å²) >= 11 is 0. The minimum Gasteiger partial charge on any atom is -0.377 e. The molecular weight excluding hydrogens is 488 g/mol. The molecule has 226 valence electrons. The molecule has 0 fully saturated rings. The molecule has 2 aromatic rings. The molecule has 1 N–H and O–H groups in total. The van der Waals surface area contributed by atoms with Crippen molar-refractivity contribution in [2.45, 2.75) is 149 Å². The second-order valence-electron chi connectivity index (χ2n) is 12.8. The van der Waals surface area contributed by atoms with E-state index in [1.165, 1.54) is 128 Å². The van der Waals surface area contributed by atoms with Gasteiger partial charge in [0.15, 0.2) is 0 Å². The number of nitrogens with zero attached hydrogens (tertiary/aromatic N) is 1. The van der Waals surface area contributed by atoms with Crippen LogP contribution in [0.25, 0.3) is 0 Å². The third kappa shape index (κ3) is 19.2. The second-order valence-corrected chi connectivity index (χ2v) is 12.8. The van der Waals surface area contributed by atoms with Crippen LogP contribution in [0.15, 0.2) is 48.5 Å². The Bertz CT molecular complexity index is 835. The first-order valence-corrected chi connectivity index (χ1v) is 16.8. The molecule has 1 aromatic carbocycles. The quantitative estimate of drug-likeness (QED) is 0.118. The molecule has 0 atom stereocenters. The number of aromatic nitrogens is 1. The molecule has 0 aliphatic rings. The van der Waals surface area contributed by atoms with Crippen LogP contribution in [0.2, 0.25) is 0 Å². The summed E-state index contributed by atoms with van der Waals surface area (Å²) in [6.45, 7) is 9.46. The highest BCUT2D eigenvalue weighted by atomic mass is 16.5. The largest absolute Gasteiger partial charge is 0.377 e. The number of rotatable bonds is 26. The Morgan fingerprint density at radius 1 is 0.600 bits per heavy atom. The normalized spacial score (nSPS) is 11.7. The van der Waals surface area contributed by atoms with Gasteiger partial charge in [0.2, 0.25) is 0 Å². The van der Waals surface area contributed by atoms with Crippen LogP contribution >= 0.6 is 0 Å². The number of ether oxygens (including phenoxy) is 1. The molecule has 2 rings (SSSR count). The van der Waals surface area contributed by atoms with Gasteiger partial charge in [-0.25, -0.2) is 4.98 Å². The third-order valence-electron chi connectivity index (χ3n) is 8.14. The summed E-state index contributed by atoms with van der Waals surface area (Å²) in [6, 6.07) is 16.7. The highest BCUT2D eigenvalue weighted by molar-refractivity contribution is 5.35. The van der Waals surface area contributed by atoms with Crippen LogP contribution in [0.1, 0.15) is 147 Å². The molecule has 0 radical (unpaired) electrons. The number of benzene rings is 1. The van der Waals surface area contributed by atoms with Gasteiger partial charge in [0, 0.05) is 18.8 Å². The zero-order valence-electron chi connectivity index (χ0n) is 26.5. The Balaban J connectivity index is 1.24. The van der Waals surface area contributed by atoms with Crippen molar-refractivity contribution in [2.24, 2.45) is 5.41 Å². The van der Waals surface area contributed by atoms with Gasteiger partial charge in [0.1, 0.15) is 5.82 Å². The first-order chi connectivity index (χ1) is 19.6. The number of nitrogens with one attached hydrogen (secondary N) is 1. The van der Waals surface area contributed by atoms with Gasteiger partial charge >= 0.3 is 0 Å². The molecule has 1 heterocycles. The lowest BCUT2D eigenvalue weighted by Gasteiger charge is -2.25. The average Bonchev–Trinajstić information content (AvgIpc) is 2.95. The summed E-state index contributed by atoms with van der Waals surface area (Å²) in [5, 5.41) is 3.53. The average molecular weight is 551 g/mol. The van der Waals surface area contributed by atoms with Crippen LogP contribution in [0.4, 0.5) is 5.82 Å². The van der Waals surface area contributed by atoms with Gasteiger partial charge in [0.05, 0.1) is 6.61 Å². The van der Waals surface area contributed by atoms with Crippen molar-refractivity contribution in [3.63, 3.8) is 0 Å². The first-order valence-electron chi connectivity index (χ1n) is 16.8. The van der Waals surface area contributed by atoms with Crippen LogP contribution in [-0.2, 0) is 11.3 Å². The van der Waals surface area contributed by atoms with E-state index < -0.39 is 0 Å². The van der Waals surface area contributed by atoms with E-state index in [1.807, 2.05) is 13.0 Å². The molecule has 3 nitrogen and oxygen atoms in total. The smallest absolute Gasteiger partial charge is 0.126 e. The molecule has 0 spiro atoms. The molecule has 0 aliphatic carbocycles. The molecule has 0 unspecified atom stereocenters. The number of pyridine rings is 1. The summed E-state index contributed by atoms with van der Waals surface area (Å²) in [7, 11) is 0. The van der Waals surface area contributed by atoms with Crippen molar-refractivity contribution in [3.8, 4) is 0 Å². The van der Waals surface area contributed by atoms with Crippen LogP contribution < -0.4 is 5.32 Å². The monoisotopic (exact) mass is 550 g/mol. The Morgan fingerprint density at radius 3 is 1.62 bits per heavy atom. The van der Waals surface area contributed by atoms with E-state index in [0.717, 1.165) is 31.3 Å². The predicted octanol–water partition coefficient (Wildman–Crippen LogP) is 11.5. The van der Waals surface area contributed by atoms with Gasteiger partial charge in [-0.2, -0.15) is 0 Å². The van der Waals surface area contributed by atoms with E-state index >= 15 is 0 Å². The van der Waals surface area contributed by atoms with Gasteiger partial charge in [0.25, 0.3) is 0 Å². The molecule has 0 saturated heterocycles. The fourth-order valence-electron chi connectivity index (χ4n) is 5.46. The van der Waals surface area contributed by atoms with Crippen molar-refractivity contribution in [2.75, 3.05) is 18.5 Å². The van der Waals surface area contributed by atoms with Crippen molar-refractivity contribution in [3.05, 3.63) is 59.8 Å². The molecule has 0 bridgehead atoms. The minimum absolute atomic E-state index is 0.323. The molecule has 0 amide bonds. The third-order valence-corrected chi connectivity index (χ3v) is 8.14. The maximum absolute atomic E-state index is 5.78. The fourth-order valence-corrected chi connectivity index (χ4v) is 5.46. The van der Waals surface area contributed by atoms with Gasteiger partial charge < -0.3 is 10.1 Å². The Hall–Kier alpha value is -1.87. The Kier molecular flexibility index (Phi) is 19.5. The van der Waals surface area contributed by atoms with Crippen molar-refractivity contribution in [1.82, 2.24) is 4.98 Å². The van der Waals surface area contributed by atoms with Gasteiger partial charge in [-0.05, 0) is 42.9 Å². The first kappa shape index (κ1) is 34.3. The van der Waals surface area contributed by atoms with Crippen LogP contribution in [0.3, 0.4) is 0 Å². The molecule has 3 heteroatoms. The lowest BCUT2D eigenvalue weighted by atomic mass is 9.86. The number of unbranched alkanes of at least 4 members (excludes halogenated alkanes) is 17. The van der Waals surface area contributed by atoms with Gasteiger partial charge in [-0.1, -0.05) is 159 Å². The summed E-state index contributed by atoms with van der Waals surface area (Å²) in [5.74, 6) is 1.01. The lowest BCUT2D eigenvalue weighted by molar-refractivity contribution is 0.116. The van der Waals surface area contributed by atoms with E-state index in [-0.39, 0.29) is 0 Å². The van der Waals surface area contributed by atoms with Crippen LogP contribution in [0.5, 0.6) is 0 Å².